The van der Waals surface area contributed by atoms with Crippen molar-refractivity contribution >= 4 is 5.97 Å². The quantitative estimate of drug-likeness (QED) is 0.372. The summed E-state index contributed by atoms with van der Waals surface area (Å²) in [6.45, 7) is 4.10. The Morgan fingerprint density at radius 1 is 0.971 bits per heavy atom. The molecule has 8 heteroatoms. The van der Waals surface area contributed by atoms with Crippen molar-refractivity contribution in [1.29, 1.82) is 0 Å². The number of carbonyl (C=O) groups is 1. The van der Waals surface area contributed by atoms with Gasteiger partial charge in [-0.1, -0.05) is 19.9 Å². The van der Waals surface area contributed by atoms with Crippen molar-refractivity contribution in [2.75, 3.05) is 0 Å². The van der Waals surface area contributed by atoms with Crippen LogP contribution in [0, 0.1) is 0 Å². The standard InChI is InChI=1S/C26H23N3O5/c1-15(2)21-11-12-22(29-28-21)16-5-8-18(9-6-16)34-23-14-17(26(32)33)7-10-19(23)24(30)20-4-3-13-27-25(20)31/h3-15,24,30H,1-2H3,(H,27,31)(H,32,33). The molecule has 0 bridgehead atoms. The van der Waals surface area contributed by atoms with Crippen LogP contribution in [0.3, 0.4) is 0 Å². The molecule has 172 valence electrons. The van der Waals surface area contributed by atoms with E-state index in [0.29, 0.717) is 11.4 Å². The van der Waals surface area contributed by atoms with Crippen LogP contribution in [0.1, 0.15) is 53.0 Å². The zero-order valence-corrected chi connectivity index (χ0v) is 18.6. The minimum Gasteiger partial charge on any atom is -0.478 e. The van der Waals surface area contributed by atoms with E-state index in [4.69, 9.17) is 4.74 Å². The lowest BCUT2D eigenvalue weighted by Crippen LogP contribution is -2.16. The summed E-state index contributed by atoms with van der Waals surface area (Å²) in [7, 11) is 0. The summed E-state index contributed by atoms with van der Waals surface area (Å²) in [6, 6.07) is 18.1. The predicted molar refractivity (Wildman–Crippen MR) is 126 cm³/mol. The van der Waals surface area contributed by atoms with Crippen LogP contribution in [0.5, 0.6) is 11.5 Å². The fourth-order valence-corrected chi connectivity index (χ4v) is 3.42. The smallest absolute Gasteiger partial charge is 0.335 e. The van der Waals surface area contributed by atoms with Gasteiger partial charge in [-0.25, -0.2) is 4.79 Å². The molecule has 0 saturated heterocycles. The Morgan fingerprint density at radius 2 is 1.74 bits per heavy atom. The lowest BCUT2D eigenvalue weighted by atomic mass is 10.00. The molecule has 0 fully saturated rings. The second kappa shape index (κ2) is 9.68. The van der Waals surface area contributed by atoms with Gasteiger partial charge in [-0.05, 0) is 66.6 Å². The lowest BCUT2D eigenvalue weighted by Gasteiger charge is -2.17. The molecule has 2 heterocycles. The Balaban J connectivity index is 1.64. The van der Waals surface area contributed by atoms with Gasteiger partial charge in [-0.3, -0.25) is 4.79 Å². The van der Waals surface area contributed by atoms with Crippen LogP contribution in [-0.2, 0) is 0 Å². The molecule has 4 rings (SSSR count). The Kier molecular flexibility index (Phi) is 6.51. The van der Waals surface area contributed by atoms with E-state index in [2.05, 4.69) is 15.2 Å². The number of aliphatic hydroxyl groups excluding tert-OH is 1. The summed E-state index contributed by atoms with van der Waals surface area (Å²) < 4.78 is 5.95. The van der Waals surface area contributed by atoms with E-state index in [1.807, 2.05) is 38.1 Å². The first kappa shape index (κ1) is 22.9. The van der Waals surface area contributed by atoms with Crippen LogP contribution in [0.25, 0.3) is 11.3 Å². The number of aromatic nitrogens is 3. The number of rotatable bonds is 7. The van der Waals surface area contributed by atoms with Crippen molar-refractivity contribution in [3.8, 4) is 22.8 Å². The van der Waals surface area contributed by atoms with Crippen molar-refractivity contribution in [2.24, 2.45) is 0 Å². The number of hydrogen-bond acceptors (Lipinski definition) is 6. The maximum absolute atomic E-state index is 12.1. The van der Waals surface area contributed by atoms with E-state index in [-0.39, 0.29) is 28.4 Å². The van der Waals surface area contributed by atoms with Crippen molar-refractivity contribution in [3.05, 3.63) is 106 Å². The third-order valence-electron chi connectivity index (χ3n) is 5.35. The normalized spacial score (nSPS) is 11.9. The second-order valence-electron chi connectivity index (χ2n) is 8.04. The highest BCUT2D eigenvalue weighted by atomic mass is 16.5. The maximum atomic E-state index is 12.1. The van der Waals surface area contributed by atoms with Crippen LogP contribution < -0.4 is 10.3 Å². The number of carboxylic acid groups (broad SMARTS) is 1. The topological polar surface area (TPSA) is 125 Å². The van der Waals surface area contributed by atoms with Gasteiger partial charge in [0.1, 0.15) is 17.6 Å². The molecule has 0 radical (unpaired) electrons. The predicted octanol–water partition coefficient (Wildman–Crippen LogP) is 4.53. The zero-order chi connectivity index (χ0) is 24.2. The molecule has 0 aliphatic carbocycles. The van der Waals surface area contributed by atoms with Crippen LogP contribution in [0.15, 0.2) is 77.7 Å². The summed E-state index contributed by atoms with van der Waals surface area (Å²) >= 11 is 0. The molecule has 0 aliphatic heterocycles. The first-order valence-corrected chi connectivity index (χ1v) is 10.7. The Bertz CT molecular complexity index is 1360. The number of benzene rings is 2. The van der Waals surface area contributed by atoms with E-state index in [9.17, 15) is 19.8 Å². The molecule has 1 unspecified atom stereocenters. The van der Waals surface area contributed by atoms with Crippen LogP contribution in [-0.4, -0.2) is 31.4 Å². The summed E-state index contributed by atoms with van der Waals surface area (Å²) in [6.07, 6.45) is 0.156. The van der Waals surface area contributed by atoms with E-state index < -0.39 is 17.6 Å². The number of pyridine rings is 1. The monoisotopic (exact) mass is 457 g/mol. The molecule has 0 spiro atoms. The van der Waals surface area contributed by atoms with Gasteiger partial charge in [0.2, 0.25) is 0 Å². The van der Waals surface area contributed by atoms with Crippen LogP contribution >= 0.6 is 0 Å². The number of aromatic amines is 1. The molecule has 0 aliphatic rings. The Hall–Kier alpha value is -4.30. The fourth-order valence-electron chi connectivity index (χ4n) is 3.42. The Morgan fingerprint density at radius 3 is 2.35 bits per heavy atom. The van der Waals surface area contributed by atoms with Gasteiger partial charge in [0.15, 0.2) is 0 Å². The van der Waals surface area contributed by atoms with Crippen molar-refractivity contribution in [1.82, 2.24) is 15.2 Å². The molecule has 0 saturated carbocycles. The summed E-state index contributed by atoms with van der Waals surface area (Å²) in [5.74, 6) is -0.296. The minimum atomic E-state index is -1.31. The molecular formula is C26H23N3O5. The molecular weight excluding hydrogens is 434 g/mol. The number of hydrogen-bond donors (Lipinski definition) is 3. The van der Waals surface area contributed by atoms with Gasteiger partial charge in [0.05, 0.1) is 22.5 Å². The largest absolute Gasteiger partial charge is 0.478 e. The fraction of sp³-hybridized carbons (Fsp3) is 0.154. The van der Waals surface area contributed by atoms with E-state index in [0.717, 1.165) is 11.3 Å². The number of aromatic carboxylic acids is 1. The van der Waals surface area contributed by atoms with Crippen LogP contribution in [0.4, 0.5) is 0 Å². The number of aliphatic hydroxyl groups is 1. The van der Waals surface area contributed by atoms with Gasteiger partial charge >= 0.3 is 5.97 Å². The van der Waals surface area contributed by atoms with Crippen molar-refractivity contribution in [2.45, 2.75) is 25.9 Å². The molecule has 1 atom stereocenters. The van der Waals surface area contributed by atoms with E-state index in [1.54, 1.807) is 18.2 Å². The summed E-state index contributed by atoms with van der Waals surface area (Å²) in [4.78, 5) is 26.2. The first-order chi connectivity index (χ1) is 16.3. The maximum Gasteiger partial charge on any atom is 0.335 e. The van der Waals surface area contributed by atoms with Crippen LogP contribution in [0.2, 0.25) is 0 Å². The average molecular weight is 457 g/mol. The third kappa shape index (κ3) is 4.87. The number of H-pyrrole nitrogens is 1. The molecule has 0 amide bonds. The number of ether oxygens (including phenoxy) is 1. The van der Waals surface area contributed by atoms with Gasteiger partial charge in [0.25, 0.3) is 5.56 Å². The lowest BCUT2D eigenvalue weighted by molar-refractivity contribution is 0.0696. The van der Waals surface area contributed by atoms with Gasteiger partial charge < -0.3 is 19.9 Å². The highest BCUT2D eigenvalue weighted by molar-refractivity contribution is 5.88. The number of nitrogens with zero attached hydrogens (tertiary/aromatic N) is 2. The minimum absolute atomic E-state index is 0.00921. The van der Waals surface area contributed by atoms with Gasteiger partial charge in [0, 0.05) is 17.3 Å². The molecule has 4 aromatic rings. The van der Waals surface area contributed by atoms with E-state index in [1.165, 1.54) is 30.5 Å². The number of nitrogens with one attached hydrogen (secondary N) is 1. The molecule has 2 aromatic heterocycles. The number of carboxylic acids is 1. The van der Waals surface area contributed by atoms with E-state index >= 15 is 0 Å². The van der Waals surface area contributed by atoms with Crippen molar-refractivity contribution < 1.29 is 19.7 Å². The van der Waals surface area contributed by atoms with Gasteiger partial charge in [-0.2, -0.15) is 10.2 Å². The second-order valence-corrected chi connectivity index (χ2v) is 8.04. The van der Waals surface area contributed by atoms with Crippen molar-refractivity contribution in [3.63, 3.8) is 0 Å². The molecule has 3 N–H and O–H groups in total. The summed E-state index contributed by atoms with van der Waals surface area (Å²) in [5.41, 5.74) is 2.39. The summed E-state index contributed by atoms with van der Waals surface area (Å²) in [5, 5.41) is 28.8. The highest BCUT2D eigenvalue weighted by Gasteiger charge is 2.20. The molecule has 34 heavy (non-hydrogen) atoms. The highest BCUT2D eigenvalue weighted by Crippen LogP contribution is 2.34. The Labute approximate surface area is 195 Å². The zero-order valence-electron chi connectivity index (χ0n) is 18.6. The third-order valence-corrected chi connectivity index (χ3v) is 5.35. The van der Waals surface area contributed by atoms with Gasteiger partial charge in [-0.15, -0.1) is 0 Å². The first-order valence-electron chi connectivity index (χ1n) is 10.7. The molecule has 8 nitrogen and oxygen atoms in total. The SMILES string of the molecule is CC(C)c1ccc(-c2ccc(Oc3cc(C(=O)O)ccc3C(O)c3ccc[nH]c3=O)cc2)nn1. The average Bonchev–Trinajstić information content (AvgIpc) is 2.84. The molecule has 2 aromatic carbocycles.